The number of carbonyl (C=O) groups excluding carboxylic acids is 1. The van der Waals surface area contributed by atoms with Crippen molar-refractivity contribution in [1.82, 2.24) is 10.0 Å². The lowest BCUT2D eigenvalue weighted by Crippen LogP contribution is -2.25. The second kappa shape index (κ2) is 11.7. The van der Waals surface area contributed by atoms with Gasteiger partial charge in [0.15, 0.2) is 0 Å². The van der Waals surface area contributed by atoms with E-state index in [1.807, 2.05) is 31.2 Å². The number of anilines is 1. The van der Waals surface area contributed by atoms with Crippen molar-refractivity contribution < 1.29 is 26.0 Å². The average Bonchev–Trinajstić information content (AvgIpc) is 3.37. The Bertz CT molecular complexity index is 2020. The Kier molecular flexibility index (Phi) is 8.15. The summed E-state index contributed by atoms with van der Waals surface area (Å²) in [7, 11) is -4.36. The first-order valence-corrected chi connectivity index (χ1v) is 16.7. The summed E-state index contributed by atoms with van der Waals surface area (Å²) in [5.41, 5.74) is 4.75. The number of aryl methyl sites for hydroxylation is 1. The minimum absolute atomic E-state index is 0.0646. The lowest BCUT2D eigenvalue weighted by molar-refractivity contribution is 0.0964. The van der Waals surface area contributed by atoms with Crippen molar-refractivity contribution in [2.24, 2.45) is 0 Å². The van der Waals surface area contributed by atoms with Crippen molar-refractivity contribution in [3.8, 4) is 22.5 Å². The summed E-state index contributed by atoms with van der Waals surface area (Å²) in [4.78, 5) is 13.3. The molecule has 222 valence electrons. The van der Waals surface area contributed by atoms with E-state index in [1.165, 1.54) is 26.2 Å². The topological polar surface area (TPSA) is 126 Å². The van der Waals surface area contributed by atoms with Crippen LogP contribution in [0.4, 0.5) is 5.69 Å². The van der Waals surface area contributed by atoms with E-state index in [4.69, 9.17) is 4.42 Å². The number of furan rings is 1. The lowest BCUT2D eigenvalue weighted by atomic mass is 9.97. The van der Waals surface area contributed by atoms with Crippen molar-refractivity contribution in [3.05, 3.63) is 108 Å². The van der Waals surface area contributed by atoms with Gasteiger partial charge in [-0.15, -0.1) is 0 Å². The first kappa shape index (κ1) is 30.0. The van der Waals surface area contributed by atoms with Crippen LogP contribution in [0.3, 0.4) is 0 Å². The molecule has 4 aromatic carbocycles. The molecule has 0 radical (unpaired) electrons. The maximum Gasteiger partial charge on any atom is 0.255 e. The van der Waals surface area contributed by atoms with Crippen LogP contribution in [-0.4, -0.2) is 43.1 Å². The predicted molar refractivity (Wildman–Crippen MR) is 169 cm³/mol. The number of nitrogens with zero attached hydrogens (tertiary/aromatic N) is 1. The Hall–Kier alpha value is -4.45. The number of sulfonamides is 2. The molecule has 0 unspecified atom stereocenters. The van der Waals surface area contributed by atoms with E-state index in [2.05, 4.69) is 10.0 Å². The SMILES string of the molecule is CNC(=O)c1c(-c2ccc(C)cc2)oc2cc(N(C)S(C)(=O)=O)c(-c3ccc(CNS(=O)(=O)c4ccccc4)cc3)cc12. The average molecular weight is 618 g/mol. The van der Waals surface area contributed by atoms with Gasteiger partial charge in [0, 0.05) is 43.2 Å². The fourth-order valence-electron chi connectivity index (χ4n) is 4.72. The van der Waals surface area contributed by atoms with Gasteiger partial charge in [0.25, 0.3) is 5.91 Å². The van der Waals surface area contributed by atoms with Gasteiger partial charge < -0.3 is 9.73 Å². The highest BCUT2D eigenvalue weighted by atomic mass is 32.2. The second-order valence-electron chi connectivity index (χ2n) is 10.2. The van der Waals surface area contributed by atoms with Crippen LogP contribution in [0.15, 0.2) is 100 Å². The highest BCUT2D eigenvalue weighted by Gasteiger charge is 2.26. The van der Waals surface area contributed by atoms with Crippen LogP contribution in [0.5, 0.6) is 0 Å². The summed E-state index contributed by atoms with van der Waals surface area (Å²) in [5.74, 6) is 0.0334. The molecule has 0 aliphatic heterocycles. The third-order valence-electron chi connectivity index (χ3n) is 7.20. The van der Waals surface area contributed by atoms with E-state index in [0.29, 0.717) is 50.2 Å². The highest BCUT2D eigenvalue weighted by Crippen LogP contribution is 2.41. The first-order valence-electron chi connectivity index (χ1n) is 13.4. The monoisotopic (exact) mass is 617 g/mol. The predicted octanol–water partition coefficient (Wildman–Crippen LogP) is 5.31. The fourth-order valence-corrected chi connectivity index (χ4v) is 6.27. The third kappa shape index (κ3) is 6.19. The van der Waals surface area contributed by atoms with Crippen molar-refractivity contribution >= 4 is 42.6 Å². The van der Waals surface area contributed by atoms with Gasteiger partial charge in [-0.2, -0.15) is 0 Å². The molecule has 5 aromatic rings. The summed E-state index contributed by atoms with van der Waals surface area (Å²) in [6.45, 7) is 2.03. The molecular formula is C32H31N3O6S2. The number of carbonyl (C=O) groups is 1. The Labute approximate surface area is 251 Å². The lowest BCUT2D eigenvalue weighted by Gasteiger charge is -2.21. The zero-order valence-corrected chi connectivity index (χ0v) is 25.7. The van der Waals surface area contributed by atoms with Gasteiger partial charge in [-0.05, 0) is 36.2 Å². The Morgan fingerprint density at radius 3 is 2.09 bits per heavy atom. The molecule has 0 aliphatic rings. The largest absolute Gasteiger partial charge is 0.455 e. The van der Waals surface area contributed by atoms with E-state index < -0.39 is 20.0 Å². The summed E-state index contributed by atoms with van der Waals surface area (Å²) in [6, 6.07) is 26.2. The molecule has 0 saturated heterocycles. The fraction of sp³-hybridized carbons (Fsp3) is 0.156. The molecule has 2 N–H and O–H groups in total. The molecule has 9 nitrogen and oxygen atoms in total. The van der Waals surface area contributed by atoms with Gasteiger partial charge in [0.1, 0.15) is 11.3 Å². The second-order valence-corrected chi connectivity index (χ2v) is 14.0. The van der Waals surface area contributed by atoms with Crippen LogP contribution >= 0.6 is 0 Å². The maximum absolute atomic E-state index is 13.1. The van der Waals surface area contributed by atoms with Gasteiger partial charge in [-0.3, -0.25) is 9.10 Å². The molecule has 5 rings (SSSR count). The Morgan fingerprint density at radius 1 is 0.860 bits per heavy atom. The third-order valence-corrected chi connectivity index (χ3v) is 9.80. The van der Waals surface area contributed by atoms with Gasteiger partial charge in [-0.1, -0.05) is 72.3 Å². The number of benzene rings is 4. The molecule has 43 heavy (non-hydrogen) atoms. The smallest absolute Gasteiger partial charge is 0.255 e. The number of fused-ring (bicyclic) bond motifs is 1. The van der Waals surface area contributed by atoms with Crippen LogP contribution < -0.4 is 14.3 Å². The molecule has 1 heterocycles. The van der Waals surface area contributed by atoms with Crippen LogP contribution in [0, 0.1) is 6.92 Å². The minimum Gasteiger partial charge on any atom is -0.455 e. The van der Waals surface area contributed by atoms with Crippen molar-refractivity contribution in [2.75, 3.05) is 24.7 Å². The van der Waals surface area contributed by atoms with Gasteiger partial charge >= 0.3 is 0 Å². The van der Waals surface area contributed by atoms with Crippen LogP contribution in [0.25, 0.3) is 33.4 Å². The Balaban J connectivity index is 1.60. The molecule has 0 aliphatic carbocycles. The summed E-state index contributed by atoms with van der Waals surface area (Å²) >= 11 is 0. The summed E-state index contributed by atoms with van der Waals surface area (Å²) in [6.07, 6.45) is 1.11. The molecule has 11 heteroatoms. The van der Waals surface area contributed by atoms with E-state index in [-0.39, 0.29) is 17.3 Å². The molecule has 0 saturated carbocycles. The van der Waals surface area contributed by atoms with Crippen LogP contribution in [0.1, 0.15) is 21.5 Å². The summed E-state index contributed by atoms with van der Waals surface area (Å²) < 4.78 is 60.6. The number of hydrogen-bond donors (Lipinski definition) is 2. The molecular weight excluding hydrogens is 587 g/mol. The molecule has 1 amide bonds. The van der Waals surface area contributed by atoms with Crippen molar-refractivity contribution in [2.45, 2.75) is 18.4 Å². The quantitative estimate of drug-likeness (QED) is 0.231. The van der Waals surface area contributed by atoms with E-state index in [1.54, 1.807) is 54.6 Å². The van der Waals surface area contributed by atoms with E-state index in [9.17, 15) is 21.6 Å². The standard InChI is InChI=1S/C32H31N3O6S2/c1-21-10-14-24(15-11-21)31-30(32(36)33-2)27-18-26(28(19-29(27)41-31)35(3)42(4,37)38)23-16-12-22(13-17-23)20-34-43(39,40)25-8-6-5-7-9-25/h5-19,34H,20H2,1-4H3,(H,33,36). The van der Waals surface area contributed by atoms with Crippen LogP contribution in [0.2, 0.25) is 0 Å². The zero-order valence-electron chi connectivity index (χ0n) is 24.1. The van der Waals surface area contributed by atoms with Gasteiger partial charge in [0.2, 0.25) is 20.0 Å². The van der Waals surface area contributed by atoms with E-state index >= 15 is 0 Å². The maximum atomic E-state index is 13.1. The molecule has 0 spiro atoms. The molecule has 0 bridgehead atoms. The number of rotatable bonds is 9. The molecule has 0 atom stereocenters. The number of nitrogens with one attached hydrogen (secondary N) is 2. The summed E-state index contributed by atoms with van der Waals surface area (Å²) in [5, 5.41) is 3.21. The van der Waals surface area contributed by atoms with Crippen molar-refractivity contribution in [1.29, 1.82) is 0 Å². The number of hydrogen-bond acceptors (Lipinski definition) is 6. The van der Waals surface area contributed by atoms with Crippen LogP contribution in [-0.2, 0) is 26.6 Å². The Morgan fingerprint density at radius 2 is 1.49 bits per heavy atom. The highest BCUT2D eigenvalue weighted by molar-refractivity contribution is 7.92. The molecule has 0 fully saturated rings. The van der Waals surface area contributed by atoms with Crippen molar-refractivity contribution in [3.63, 3.8) is 0 Å². The zero-order chi connectivity index (χ0) is 30.9. The van der Waals surface area contributed by atoms with Gasteiger partial charge in [-0.25, -0.2) is 21.6 Å². The first-order chi connectivity index (χ1) is 20.4. The van der Waals surface area contributed by atoms with Gasteiger partial charge in [0.05, 0.1) is 22.4 Å². The molecule has 1 aromatic heterocycles. The van der Waals surface area contributed by atoms with E-state index in [0.717, 1.165) is 16.1 Å². The minimum atomic E-state index is -3.69. The number of amides is 1. The normalized spacial score (nSPS) is 11.9.